The summed E-state index contributed by atoms with van der Waals surface area (Å²) < 4.78 is 5.39. The third kappa shape index (κ3) is 3.58. The Hall–Kier alpha value is -2.05. The zero-order valence-electron chi connectivity index (χ0n) is 11.9. The number of benzene rings is 1. The van der Waals surface area contributed by atoms with Crippen molar-refractivity contribution in [3.05, 3.63) is 51.6 Å². The summed E-state index contributed by atoms with van der Waals surface area (Å²) in [6.45, 7) is 2.58. The summed E-state index contributed by atoms with van der Waals surface area (Å²) in [6.07, 6.45) is 1.87. The Morgan fingerprint density at radius 2 is 2.09 bits per heavy atom. The van der Waals surface area contributed by atoms with Crippen LogP contribution in [0.3, 0.4) is 0 Å². The van der Waals surface area contributed by atoms with Crippen LogP contribution in [0, 0.1) is 0 Å². The lowest BCUT2D eigenvalue weighted by Crippen LogP contribution is -2.19. The predicted molar refractivity (Wildman–Crippen MR) is 92.7 cm³/mol. The van der Waals surface area contributed by atoms with Crippen LogP contribution in [0.25, 0.3) is 6.08 Å². The SMILES string of the molecule is CCOc1ccc(N=C2NC(=O)/C(=C\c3ccsc3)S2)cc1. The number of hydrogen-bond acceptors (Lipinski definition) is 5. The highest BCUT2D eigenvalue weighted by atomic mass is 32.2. The van der Waals surface area contributed by atoms with Crippen LogP contribution in [0.5, 0.6) is 5.75 Å². The Labute approximate surface area is 136 Å². The first-order valence-corrected chi connectivity index (χ1v) is 8.55. The zero-order valence-corrected chi connectivity index (χ0v) is 13.5. The number of nitrogens with one attached hydrogen (secondary N) is 1. The highest BCUT2D eigenvalue weighted by molar-refractivity contribution is 8.18. The number of nitrogens with zero attached hydrogens (tertiary/aromatic N) is 1. The second-order valence-electron chi connectivity index (χ2n) is 4.47. The quantitative estimate of drug-likeness (QED) is 0.861. The van der Waals surface area contributed by atoms with E-state index in [1.165, 1.54) is 11.8 Å². The molecular formula is C16H14N2O2S2. The minimum absolute atomic E-state index is 0.110. The number of carbonyl (C=O) groups excluding carboxylic acids is 1. The molecule has 1 saturated heterocycles. The van der Waals surface area contributed by atoms with Gasteiger partial charge in [0.15, 0.2) is 5.17 Å². The standard InChI is InChI=1S/C16H14N2O2S2/c1-2-20-13-5-3-12(4-6-13)17-16-18-15(19)14(22-16)9-11-7-8-21-10-11/h3-10H,2H2,1H3,(H,17,18,19)/b14-9+. The molecule has 1 aliphatic rings. The van der Waals surface area contributed by atoms with Gasteiger partial charge in [-0.15, -0.1) is 0 Å². The molecule has 0 bridgehead atoms. The van der Waals surface area contributed by atoms with Crippen molar-refractivity contribution in [2.75, 3.05) is 6.61 Å². The van der Waals surface area contributed by atoms with E-state index in [9.17, 15) is 4.79 Å². The lowest BCUT2D eigenvalue weighted by molar-refractivity contribution is -0.115. The fraction of sp³-hybridized carbons (Fsp3) is 0.125. The molecule has 1 aromatic heterocycles. The molecule has 0 radical (unpaired) electrons. The van der Waals surface area contributed by atoms with Crippen LogP contribution in [0.1, 0.15) is 12.5 Å². The molecule has 22 heavy (non-hydrogen) atoms. The van der Waals surface area contributed by atoms with E-state index in [1.807, 2.05) is 54.1 Å². The number of thiophene rings is 1. The van der Waals surface area contributed by atoms with Crippen molar-refractivity contribution in [3.63, 3.8) is 0 Å². The van der Waals surface area contributed by atoms with E-state index in [0.29, 0.717) is 16.7 Å². The van der Waals surface area contributed by atoms with E-state index in [2.05, 4.69) is 10.3 Å². The van der Waals surface area contributed by atoms with Gasteiger partial charge >= 0.3 is 0 Å². The van der Waals surface area contributed by atoms with Gasteiger partial charge in [0.25, 0.3) is 5.91 Å². The third-order valence-corrected chi connectivity index (χ3v) is 4.48. The molecule has 0 atom stereocenters. The molecule has 0 spiro atoms. The minimum atomic E-state index is -0.110. The molecule has 1 N–H and O–H groups in total. The highest BCUT2D eigenvalue weighted by Gasteiger charge is 2.23. The first-order chi connectivity index (χ1) is 10.7. The van der Waals surface area contributed by atoms with Crippen LogP contribution < -0.4 is 10.1 Å². The van der Waals surface area contributed by atoms with Crippen molar-refractivity contribution in [1.29, 1.82) is 0 Å². The average molecular weight is 330 g/mol. The predicted octanol–water partition coefficient (Wildman–Crippen LogP) is 4.04. The van der Waals surface area contributed by atoms with E-state index < -0.39 is 0 Å². The van der Waals surface area contributed by atoms with Gasteiger partial charge in [-0.2, -0.15) is 11.3 Å². The summed E-state index contributed by atoms with van der Waals surface area (Å²) in [5, 5.41) is 7.36. The normalized spacial score (nSPS) is 18.0. The molecule has 4 nitrogen and oxygen atoms in total. The van der Waals surface area contributed by atoms with Gasteiger partial charge in [0.1, 0.15) is 5.75 Å². The summed E-state index contributed by atoms with van der Waals surface area (Å²) in [4.78, 5) is 17.0. The summed E-state index contributed by atoms with van der Waals surface area (Å²) in [6, 6.07) is 9.45. The van der Waals surface area contributed by atoms with Crippen LogP contribution in [0.4, 0.5) is 5.69 Å². The molecule has 0 aliphatic carbocycles. The fourth-order valence-electron chi connectivity index (χ4n) is 1.89. The van der Waals surface area contributed by atoms with E-state index >= 15 is 0 Å². The second kappa shape index (κ2) is 6.81. The molecule has 2 heterocycles. The number of carbonyl (C=O) groups is 1. The van der Waals surface area contributed by atoms with Crippen molar-refractivity contribution < 1.29 is 9.53 Å². The van der Waals surface area contributed by atoms with Crippen LogP contribution in [-0.4, -0.2) is 17.7 Å². The molecule has 1 aromatic carbocycles. The van der Waals surface area contributed by atoms with Gasteiger partial charge in [0, 0.05) is 0 Å². The topological polar surface area (TPSA) is 50.7 Å². The van der Waals surface area contributed by atoms with E-state index in [1.54, 1.807) is 11.3 Å². The number of hydrogen-bond donors (Lipinski definition) is 1. The van der Waals surface area contributed by atoms with Crippen molar-refractivity contribution >= 4 is 45.9 Å². The van der Waals surface area contributed by atoms with Crippen molar-refractivity contribution in [2.24, 2.45) is 4.99 Å². The molecule has 1 amide bonds. The summed E-state index contributed by atoms with van der Waals surface area (Å²) in [5.74, 6) is 0.702. The number of rotatable bonds is 4. The number of aliphatic imine (C=N–C) groups is 1. The fourth-order valence-corrected chi connectivity index (χ4v) is 3.35. The maximum Gasteiger partial charge on any atom is 0.264 e. The van der Waals surface area contributed by atoms with E-state index in [0.717, 1.165) is 17.0 Å². The lowest BCUT2D eigenvalue weighted by atomic mass is 10.3. The molecule has 0 saturated carbocycles. The van der Waals surface area contributed by atoms with Gasteiger partial charge in [0.05, 0.1) is 17.2 Å². The molecule has 3 rings (SSSR count). The number of amidine groups is 1. The summed E-state index contributed by atoms with van der Waals surface area (Å²) >= 11 is 2.96. The van der Waals surface area contributed by atoms with Gasteiger partial charge in [-0.25, -0.2) is 4.99 Å². The molecule has 6 heteroatoms. The summed E-state index contributed by atoms with van der Waals surface area (Å²) in [7, 11) is 0. The maximum atomic E-state index is 11.9. The van der Waals surface area contributed by atoms with Gasteiger partial charge in [0.2, 0.25) is 0 Å². The smallest absolute Gasteiger partial charge is 0.264 e. The monoisotopic (exact) mass is 330 g/mol. The van der Waals surface area contributed by atoms with Crippen molar-refractivity contribution in [1.82, 2.24) is 5.32 Å². The van der Waals surface area contributed by atoms with Crippen molar-refractivity contribution in [3.8, 4) is 5.75 Å². The van der Waals surface area contributed by atoms with Crippen LogP contribution in [-0.2, 0) is 4.79 Å². The molecule has 0 unspecified atom stereocenters. The Morgan fingerprint density at radius 1 is 1.27 bits per heavy atom. The molecule has 112 valence electrons. The number of thioether (sulfide) groups is 1. The molecular weight excluding hydrogens is 316 g/mol. The largest absolute Gasteiger partial charge is 0.494 e. The number of amides is 1. The van der Waals surface area contributed by atoms with Gasteiger partial charge in [-0.3, -0.25) is 4.79 Å². The van der Waals surface area contributed by atoms with Crippen LogP contribution >= 0.6 is 23.1 Å². The Kier molecular flexibility index (Phi) is 4.60. The second-order valence-corrected chi connectivity index (χ2v) is 6.28. The maximum absolute atomic E-state index is 11.9. The van der Waals surface area contributed by atoms with Gasteiger partial charge in [-0.1, -0.05) is 0 Å². The van der Waals surface area contributed by atoms with Gasteiger partial charge in [-0.05, 0) is 71.4 Å². The average Bonchev–Trinajstić information content (AvgIpc) is 3.13. The van der Waals surface area contributed by atoms with Gasteiger partial charge < -0.3 is 10.1 Å². The van der Waals surface area contributed by atoms with Crippen LogP contribution in [0.15, 0.2) is 51.0 Å². The Morgan fingerprint density at radius 3 is 2.77 bits per heavy atom. The highest BCUT2D eigenvalue weighted by Crippen LogP contribution is 2.28. The van der Waals surface area contributed by atoms with Crippen LogP contribution in [0.2, 0.25) is 0 Å². The van der Waals surface area contributed by atoms with E-state index in [4.69, 9.17) is 4.74 Å². The first kappa shape index (κ1) is 14.9. The molecule has 1 aliphatic heterocycles. The summed E-state index contributed by atoms with van der Waals surface area (Å²) in [5.41, 5.74) is 1.81. The Bertz CT molecular complexity index is 719. The zero-order chi connectivity index (χ0) is 15.4. The third-order valence-electron chi connectivity index (χ3n) is 2.87. The molecule has 2 aromatic rings. The lowest BCUT2D eigenvalue weighted by Gasteiger charge is -2.02. The van der Waals surface area contributed by atoms with Crippen molar-refractivity contribution in [2.45, 2.75) is 6.92 Å². The Balaban J connectivity index is 1.74. The minimum Gasteiger partial charge on any atom is -0.494 e. The molecule has 1 fully saturated rings. The number of ether oxygens (including phenoxy) is 1. The first-order valence-electron chi connectivity index (χ1n) is 6.79. The van der Waals surface area contributed by atoms with E-state index in [-0.39, 0.29) is 5.91 Å².